The van der Waals surface area contributed by atoms with Crippen molar-refractivity contribution in [1.82, 2.24) is 14.5 Å². The van der Waals surface area contributed by atoms with Crippen molar-refractivity contribution in [3.63, 3.8) is 0 Å². The van der Waals surface area contributed by atoms with E-state index in [-0.39, 0.29) is 16.7 Å². The number of fused-ring (bicyclic) bond motifs is 1. The van der Waals surface area contributed by atoms with Crippen LogP contribution in [0.4, 0.5) is 0 Å². The molecule has 3 aliphatic rings. The van der Waals surface area contributed by atoms with Crippen molar-refractivity contribution in [2.45, 2.75) is 42.5 Å². The molecule has 1 aliphatic carbocycles. The summed E-state index contributed by atoms with van der Waals surface area (Å²) in [5, 5.41) is 3.05. The maximum Gasteiger partial charge on any atom is 0.251 e. The lowest BCUT2D eigenvalue weighted by molar-refractivity contribution is 0.0952. The van der Waals surface area contributed by atoms with Crippen molar-refractivity contribution in [2.24, 2.45) is 0 Å². The highest BCUT2D eigenvalue weighted by Gasteiger charge is 2.36. The van der Waals surface area contributed by atoms with E-state index in [4.69, 9.17) is 0 Å². The quantitative estimate of drug-likeness (QED) is 0.637. The molecule has 1 N–H and O–H groups in total. The number of amides is 1. The van der Waals surface area contributed by atoms with Gasteiger partial charge in [0, 0.05) is 43.7 Å². The topological polar surface area (TPSA) is 69.7 Å². The summed E-state index contributed by atoms with van der Waals surface area (Å²) in [5.74, 6) is -0.213. The van der Waals surface area contributed by atoms with E-state index in [0.29, 0.717) is 31.2 Å². The van der Waals surface area contributed by atoms with E-state index in [1.807, 2.05) is 18.2 Å². The van der Waals surface area contributed by atoms with E-state index in [9.17, 15) is 13.2 Å². The third-order valence-electron chi connectivity index (χ3n) is 7.38. The Morgan fingerprint density at radius 2 is 1.89 bits per heavy atom. The van der Waals surface area contributed by atoms with Crippen molar-refractivity contribution in [2.75, 3.05) is 32.7 Å². The van der Waals surface area contributed by atoms with Crippen LogP contribution in [0.15, 0.2) is 83.3 Å². The lowest BCUT2D eigenvalue weighted by Crippen LogP contribution is -2.51. The van der Waals surface area contributed by atoms with Crippen molar-refractivity contribution in [3.05, 3.63) is 89.5 Å². The molecule has 184 valence electrons. The molecular formula is C28H33N3O3S. The molecule has 0 aromatic heterocycles. The molecule has 35 heavy (non-hydrogen) atoms. The lowest BCUT2D eigenvalue weighted by Gasteiger charge is -2.36. The minimum Gasteiger partial charge on any atom is -0.351 e. The van der Waals surface area contributed by atoms with Crippen LogP contribution in [0, 0.1) is 0 Å². The zero-order valence-electron chi connectivity index (χ0n) is 20.0. The maximum absolute atomic E-state index is 13.4. The molecule has 2 heterocycles. The molecule has 2 saturated heterocycles. The highest BCUT2D eigenvalue weighted by atomic mass is 32.2. The van der Waals surface area contributed by atoms with Crippen molar-refractivity contribution in [3.8, 4) is 0 Å². The molecule has 2 aromatic rings. The van der Waals surface area contributed by atoms with Gasteiger partial charge in [0.1, 0.15) is 0 Å². The number of piperazine rings is 1. The van der Waals surface area contributed by atoms with Gasteiger partial charge in [-0.25, -0.2) is 8.42 Å². The normalized spacial score (nSPS) is 21.8. The monoisotopic (exact) mass is 491 g/mol. The number of sulfonamides is 1. The van der Waals surface area contributed by atoms with Gasteiger partial charge >= 0.3 is 0 Å². The summed E-state index contributed by atoms with van der Waals surface area (Å²) in [6.07, 6.45) is 10.8. The van der Waals surface area contributed by atoms with Gasteiger partial charge in [0.15, 0.2) is 0 Å². The average molecular weight is 492 g/mol. The highest BCUT2D eigenvalue weighted by molar-refractivity contribution is 7.89. The van der Waals surface area contributed by atoms with Gasteiger partial charge in [-0.05, 0) is 61.6 Å². The number of nitrogens with one attached hydrogen (secondary N) is 1. The Hall–Kier alpha value is -2.74. The van der Waals surface area contributed by atoms with Gasteiger partial charge in [0.05, 0.1) is 4.90 Å². The van der Waals surface area contributed by atoms with E-state index in [1.54, 1.807) is 22.5 Å². The van der Waals surface area contributed by atoms with Gasteiger partial charge in [0.25, 0.3) is 5.91 Å². The predicted octanol–water partition coefficient (Wildman–Crippen LogP) is 3.95. The molecule has 0 spiro atoms. The summed E-state index contributed by atoms with van der Waals surface area (Å²) in [4.78, 5) is 15.7. The number of carbonyl (C=O) groups is 1. The minimum absolute atomic E-state index is 0.0475. The van der Waals surface area contributed by atoms with E-state index in [1.165, 1.54) is 11.6 Å². The molecule has 2 atom stereocenters. The number of benzene rings is 2. The summed E-state index contributed by atoms with van der Waals surface area (Å²) in [6.45, 7) is 3.30. The molecule has 0 bridgehead atoms. The van der Waals surface area contributed by atoms with Crippen LogP contribution in [-0.4, -0.2) is 62.3 Å². The second kappa shape index (κ2) is 10.5. The van der Waals surface area contributed by atoms with Crippen LogP contribution < -0.4 is 5.32 Å². The summed E-state index contributed by atoms with van der Waals surface area (Å²) in [5.41, 5.74) is 2.71. The van der Waals surface area contributed by atoms with Crippen LogP contribution in [0.5, 0.6) is 0 Å². The highest BCUT2D eigenvalue weighted by Crippen LogP contribution is 2.29. The first-order chi connectivity index (χ1) is 17.0. The Bertz CT molecular complexity index is 1220. The summed E-state index contributed by atoms with van der Waals surface area (Å²) in [6, 6.07) is 16.9. The Kier molecular flexibility index (Phi) is 7.18. The van der Waals surface area contributed by atoms with Gasteiger partial charge in [-0.2, -0.15) is 4.31 Å². The molecule has 6 nitrogen and oxygen atoms in total. The number of allylic oxidation sites excluding steroid dienone is 3. The molecule has 2 unspecified atom stereocenters. The molecule has 1 amide bonds. The Morgan fingerprint density at radius 1 is 1.03 bits per heavy atom. The average Bonchev–Trinajstić information content (AvgIpc) is 3.38. The number of hydrogen-bond acceptors (Lipinski definition) is 4. The molecule has 0 radical (unpaired) electrons. The summed E-state index contributed by atoms with van der Waals surface area (Å²) in [7, 11) is -3.64. The number of hydrogen-bond donors (Lipinski definition) is 1. The largest absolute Gasteiger partial charge is 0.351 e. The molecule has 2 aliphatic heterocycles. The number of carbonyl (C=O) groups excluding carboxylic acids is 1. The molecule has 2 aromatic carbocycles. The Morgan fingerprint density at radius 3 is 2.69 bits per heavy atom. The first-order valence-corrected chi connectivity index (χ1v) is 14.0. The van der Waals surface area contributed by atoms with E-state index in [2.05, 4.69) is 40.6 Å². The van der Waals surface area contributed by atoms with Crippen molar-refractivity contribution < 1.29 is 13.2 Å². The first-order valence-electron chi connectivity index (χ1n) is 12.6. The van der Waals surface area contributed by atoms with Gasteiger partial charge in [0.2, 0.25) is 10.0 Å². The third-order valence-corrected chi connectivity index (χ3v) is 9.24. The summed E-state index contributed by atoms with van der Waals surface area (Å²) >= 11 is 0. The van der Waals surface area contributed by atoms with E-state index < -0.39 is 10.0 Å². The smallest absolute Gasteiger partial charge is 0.251 e. The van der Waals surface area contributed by atoms with Crippen molar-refractivity contribution in [1.29, 1.82) is 0 Å². The number of rotatable bonds is 7. The molecular weight excluding hydrogens is 458 g/mol. The molecule has 5 rings (SSSR count). The lowest BCUT2D eigenvalue weighted by atomic mass is 9.88. The summed E-state index contributed by atoms with van der Waals surface area (Å²) < 4.78 is 28.3. The zero-order chi connectivity index (χ0) is 24.3. The van der Waals surface area contributed by atoms with Crippen LogP contribution in [0.3, 0.4) is 0 Å². The fourth-order valence-corrected chi connectivity index (χ4v) is 6.95. The van der Waals surface area contributed by atoms with Crippen LogP contribution in [0.2, 0.25) is 0 Å². The van der Waals surface area contributed by atoms with Crippen LogP contribution >= 0.6 is 0 Å². The first kappa shape index (κ1) is 24.0. The molecule has 0 saturated carbocycles. The minimum atomic E-state index is -3.64. The molecule has 7 heteroatoms. The molecule has 2 fully saturated rings. The standard InChI is InChI=1S/C28H33N3O3S/c32-28(29-20-27(22-9-3-1-4-10-22)23-11-5-2-6-12-23)24-13-7-15-26(19-24)35(33,34)31-18-17-30-16-8-14-25(30)21-31/h1,3-5,7,9-13,15,19,25,27H,2,6,8,14,16-18,20-21H2,(H,29,32). The Balaban J connectivity index is 1.30. The zero-order valence-corrected chi connectivity index (χ0v) is 20.8. The Labute approximate surface area is 208 Å². The van der Waals surface area contributed by atoms with E-state index >= 15 is 0 Å². The van der Waals surface area contributed by atoms with Gasteiger partial charge in [-0.3, -0.25) is 9.69 Å². The second-order valence-electron chi connectivity index (χ2n) is 9.58. The maximum atomic E-state index is 13.4. The SMILES string of the molecule is O=C(NCC(C1=CCCC=C1)c1ccccc1)c1cccc(S(=O)(=O)N2CCN3CCCC3C2)c1. The second-order valence-corrected chi connectivity index (χ2v) is 11.5. The van der Waals surface area contributed by atoms with Crippen LogP contribution in [0.1, 0.15) is 47.5 Å². The predicted molar refractivity (Wildman–Crippen MR) is 138 cm³/mol. The number of nitrogens with zero attached hydrogens (tertiary/aromatic N) is 2. The van der Waals surface area contributed by atoms with Crippen LogP contribution in [-0.2, 0) is 10.0 Å². The van der Waals surface area contributed by atoms with E-state index in [0.717, 1.165) is 44.3 Å². The van der Waals surface area contributed by atoms with Crippen LogP contribution in [0.25, 0.3) is 0 Å². The van der Waals surface area contributed by atoms with Crippen molar-refractivity contribution >= 4 is 15.9 Å². The van der Waals surface area contributed by atoms with Gasteiger partial charge < -0.3 is 5.32 Å². The fraction of sp³-hybridized carbons (Fsp3) is 0.393. The van der Waals surface area contributed by atoms with Gasteiger partial charge in [-0.15, -0.1) is 0 Å². The fourth-order valence-electron chi connectivity index (χ4n) is 5.43. The van der Waals surface area contributed by atoms with Gasteiger partial charge in [-0.1, -0.05) is 54.6 Å². The third kappa shape index (κ3) is 5.27.